The Labute approximate surface area is 202 Å². The predicted octanol–water partition coefficient (Wildman–Crippen LogP) is 3.32. The van der Waals surface area contributed by atoms with Crippen LogP contribution in [0, 0.1) is 0 Å². The van der Waals surface area contributed by atoms with Gasteiger partial charge in [0.15, 0.2) is 0 Å². The van der Waals surface area contributed by atoms with Gasteiger partial charge in [-0.2, -0.15) is 4.72 Å². The van der Waals surface area contributed by atoms with Gasteiger partial charge in [0, 0.05) is 25.2 Å². The number of nitrogens with zero attached hydrogens (tertiary/aromatic N) is 1. The van der Waals surface area contributed by atoms with Crippen LogP contribution in [0.2, 0.25) is 0 Å². The van der Waals surface area contributed by atoms with Gasteiger partial charge in [-0.3, -0.25) is 9.59 Å². The third kappa shape index (κ3) is 5.85. The van der Waals surface area contributed by atoms with Gasteiger partial charge in [0.05, 0.1) is 4.90 Å². The van der Waals surface area contributed by atoms with E-state index in [1.165, 1.54) is 25.8 Å². The molecule has 2 aromatic rings. The molecule has 1 aliphatic heterocycles. The minimum Gasteiger partial charge on any atom is -0.352 e. The van der Waals surface area contributed by atoms with Crippen LogP contribution in [-0.2, 0) is 32.5 Å². The van der Waals surface area contributed by atoms with Crippen molar-refractivity contribution < 1.29 is 18.0 Å². The molecule has 1 fully saturated rings. The molecule has 1 saturated carbocycles. The number of hydrogen-bond donors (Lipinski definition) is 2. The maximum atomic E-state index is 13.3. The van der Waals surface area contributed by atoms with Crippen LogP contribution in [0.15, 0.2) is 53.4 Å². The highest BCUT2D eigenvalue weighted by Gasteiger charge is 2.30. The van der Waals surface area contributed by atoms with E-state index in [4.69, 9.17) is 0 Å². The van der Waals surface area contributed by atoms with Gasteiger partial charge in [-0.1, -0.05) is 56.0 Å². The van der Waals surface area contributed by atoms with E-state index in [1.807, 2.05) is 30.3 Å². The lowest BCUT2D eigenvalue weighted by Gasteiger charge is -2.23. The number of amides is 2. The second kappa shape index (κ2) is 10.7. The monoisotopic (exact) mass is 483 g/mol. The van der Waals surface area contributed by atoms with Crippen molar-refractivity contribution in [3.8, 4) is 0 Å². The van der Waals surface area contributed by atoms with Crippen LogP contribution in [0.5, 0.6) is 0 Å². The zero-order valence-corrected chi connectivity index (χ0v) is 20.4. The summed E-state index contributed by atoms with van der Waals surface area (Å²) < 4.78 is 29.3. The lowest BCUT2D eigenvalue weighted by Crippen LogP contribution is -2.50. The molecular formula is C26H33N3O4S. The minimum atomic E-state index is -3.95. The summed E-state index contributed by atoms with van der Waals surface area (Å²) in [6.07, 6.45) is 7.22. The molecule has 0 radical (unpaired) electrons. The van der Waals surface area contributed by atoms with Gasteiger partial charge in [0.25, 0.3) is 0 Å². The molecule has 4 rings (SSSR count). The quantitative estimate of drug-likeness (QED) is 0.591. The SMILES string of the molecule is CC(=O)N1CCc2cc(S(=O)(=O)N[C@@H](Cc3ccccc3)C(=O)NC3CCCCCC3)ccc21. The van der Waals surface area contributed by atoms with E-state index in [2.05, 4.69) is 10.0 Å². The summed E-state index contributed by atoms with van der Waals surface area (Å²) in [6.45, 7) is 2.05. The number of anilines is 1. The zero-order chi connectivity index (χ0) is 24.1. The van der Waals surface area contributed by atoms with E-state index >= 15 is 0 Å². The Balaban J connectivity index is 1.55. The van der Waals surface area contributed by atoms with Gasteiger partial charge >= 0.3 is 0 Å². The molecule has 7 nitrogen and oxygen atoms in total. The van der Waals surface area contributed by atoms with E-state index in [-0.39, 0.29) is 29.2 Å². The third-order valence-corrected chi connectivity index (χ3v) is 8.20. The van der Waals surface area contributed by atoms with Gasteiger partial charge < -0.3 is 10.2 Å². The molecule has 1 atom stereocenters. The minimum absolute atomic E-state index is 0.0643. The fourth-order valence-electron chi connectivity index (χ4n) is 4.89. The summed E-state index contributed by atoms with van der Waals surface area (Å²) in [7, 11) is -3.95. The van der Waals surface area contributed by atoms with Crippen LogP contribution in [-0.4, -0.2) is 38.9 Å². The Morgan fingerprint density at radius 1 is 1.03 bits per heavy atom. The molecule has 0 spiro atoms. The molecule has 0 unspecified atom stereocenters. The highest BCUT2D eigenvalue weighted by atomic mass is 32.2. The number of nitrogens with one attached hydrogen (secondary N) is 2. The Morgan fingerprint density at radius 2 is 1.74 bits per heavy atom. The lowest BCUT2D eigenvalue weighted by atomic mass is 10.0. The maximum absolute atomic E-state index is 13.3. The molecule has 2 N–H and O–H groups in total. The van der Waals surface area contributed by atoms with Crippen LogP contribution in [0.25, 0.3) is 0 Å². The van der Waals surface area contributed by atoms with Crippen molar-refractivity contribution in [2.24, 2.45) is 0 Å². The van der Waals surface area contributed by atoms with E-state index in [0.29, 0.717) is 13.0 Å². The molecule has 182 valence electrons. The molecular weight excluding hydrogens is 450 g/mol. The van der Waals surface area contributed by atoms with Gasteiger partial charge in [0.2, 0.25) is 21.8 Å². The number of fused-ring (bicyclic) bond motifs is 1. The summed E-state index contributed by atoms with van der Waals surface area (Å²) >= 11 is 0. The first-order valence-corrected chi connectivity index (χ1v) is 13.6. The van der Waals surface area contributed by atoms with Crippen LogP contribution >= 0.6 is 0 Å². The Hall–Kier alpha value is -2.71. The second-order valence-corrected chi connectivity index (χ2v) is 11.0. The fourth-order valence-corrected chi connectivity index (χ4v) is 6.14. The first kappa shape index (κ1) is 24.4. The number of hydrogen-bond acceptors (Lipinski definition) is 4. The third-order valence-electron chi connectivity index (χ3n) is 6.74. The van der Waals surface area contributed by atoms with E-state index in [9.17, 15) is 18.0 Å². The molecule has 1 aliphatic carbocycles. The van der Waals surface area contributed by atoms with E-state index in [1.54, 1.807) is 17.0 Å². The summed E-state index contributed by atoms with van der Waals surface area (Å²) in [6, 6.07) is 13.4. The van der Waals surface area contributed by atoms with Crippen molar-refractivity contribution in [2.75, 3.05) is 11.4 Å². The molecule has 8 heteroatoms. The van der Waals surface area contributed by atoms with Crippen LogP contribution in [0.4, 0.5) is 5.69 Å². The summed E-state index contributed by atoms with van der Waals surface area (Å²) in [5, 5.41) is 3.10. The van der Waals surface area contributed by atoms with Gasteiger partial charge in [0.1, 0.15) is 6.04 Å². The number of benzene rings is 2. The average molecular weight is 484 g/mol. The summed E-state index contributed by atoms with van der Waals surface area (Å²) in [5.41, 5.74) is 2.45. The van der Waals surface area contributed by atoms with Crippen LogP contribution in [0.3, 0.4) is 0 Å². The number of carbonyl (C=O) groups excluding carboxylic acids is 2. The topological polar surface area (TPSA) is 95.6 Å². The summed E-state index contributed by atoms with van der Waals surface area (Å²) in [4.78, 5) is 26.8. The Kier molecular flexibility index (Phi) is 7.68. The standard InChI is InChI=1S/C26H33N3O4S/c1-19(30)29-16-15-21-18-23(13-14-25(21)29)34(32,33)28-24(17-20-9-5-4-6-10-20)26(31)27-22-11-7-2-3-8-12-22/h4-6,9-10,13-14,18,22,24,28H,2-3,7-8,11-12,15-17H2,1H3,(H,27,31)/t24-/m0/s1. The van der Waals surface area contributed by atoms with Crippen molar-refractivity contribution in [1.29, 1.82) is 0 Å². The molecule has 0 bridgehead atoms. The number of carbonyl (C=O) groups is 2. The van der Waals surface area contributed by atoms with E-state index < -0.39 is 16.1 Å². The average Bonchev–Trinajstić information content (AvgIpc) is 3.08. The highest BCUT2D eigenvalue weighted by molar-refractivity contribution is 7.89. The van der Waals surface area contributed by atoms with Crippen LogP contribution < -0.4 is 14.9 Å². The molecule has 2 amide bonds. The number of sulfonamides is 1. The second-order valence-electron chi connectivity index (χ2n) is 9.27. The molecule has 2 aliphatic rings. The first-order valence-electron chi connectivity index (χ1n) is 12.1. The molecule has 1 heterocycles. The molecule has 0 aromatic heterocycles. The largest absolute Gasteiger partial charge is 0.352 e. The van der Waals surface area contributed by atoms with Crippen molar-refractivity contribution in [3.05, 3.63) is 59.7 Å². The van der Waals surface area contributed by atoms with Crippen molar-refractivity contribution in [2.45, 2.75) is 75.3 Å². The van der Waals surface area contributed by atoms with Gasteiger partial charge in [-0.15, -0.1) is 0 Å². The van der Waals surface area contributed by atoms with Crippen molar-refractivity contribution in [1.82, 2.24) is 10.0 Å². The Morgan fingerprint density at radius 3 is 2.41 bits per heavy atom. The van der Waals surface area contributed by atoms with Crippen molar-refractivity contribution in [3.63, 3.8) is 0 Å². The van der Waals surface area contributed by atoms with Crippen LogP contribution in [0.1, 0.15) is 56.6 Å². The lowest BCUT2D eigenvalue weighted by molar-refractivity contribution is -0.123. The predicted molar refractivity (Wildman–Crippen MR) is 132 cm³/mol. The molecule has 34 heavy (non-hydrogen) atoms. The normalized spacial score (nSPS) is 17.6. The number of rotatable bonds is 7. The molecule has 2 aromatic carbocycles. The van der Waals surface area contributed by atoms with Crippen molar-refractivity contribution >= 4 is 27.5 Å². The summed E-state index contributed by atoms with van der Waals surface area (Å²) in [5.74, 6) is -0.353. The van der Waals surface area contributed by atoms with Gasteiger partial charge in [-0.25, -0.2) is 8.42 Å². The fraction of sp³-hybridized carbons (Fsp3) is 0.462. The maximum Gasteiger partial charge on any atom is 0.241 e. The molecule has 0 saturated heterocycles. The van der Waals surface area contributed by atoms with E-state index in [0.717, 1.165) is 42.5 Å². The zero-order valence-electron chi connectivity index (χ0n) is 19.6. The first-order chi connectivity index (χ1) is 16.3. The van der Waals surface area contributed by atoms with Gasteiger partial charge in [-0.05, 0) is 55.0 Å². The Bertz CT molecular complexity index is 1130. The smallest absolute Gasteiger partial charge is 0.241 e. The highest BCUT2D eigenvalue weighted by Crippen LogP contribution is 2.30.